The number of carbonyl (C=O) groups is 2. The van der Waals surface area contributed by atoms with E-state index in [-0.39, 0.29) is 30.3 Å². The summed E-state index contributed by atoms with van der Waals surface area (Å²) in [5.41, 5.74) is -0.0791. The Morgan fingerprint density at radius 2 is 1.95 bits per heavy atom. The first-order valence-corrected chi connectivity index (χ1v) is 6.69. The Labute approximate surface area is 120 Å². The fourth-order valence-corrected chi connectivity index (χ4v) is 1.87. The summed E-state index contributed by atoms with van der Waals surface area (Å²) in [4.78, 5) is 24.4. The van der Waals surface area contributed by atoms with E-state index in [1.165, 1.54) is 4.90 Å². The molecule has 6 heteroatoms. The summed E-state index contributed by atoms with van der Waals surface area (Å²) in [6.45, 7) is 7.76. The topological polar surface area (TPSA) is 93.4 Å². The maximum absolute atomic E-state index is 12.0. The van der Waals surface area contributed by atoms with Gasteiger partial charge in [-0.25, -0.2) is 4.79 Å². The molecule has 0 aliphatic carbocycles. The van der Waals surface area contributed by atoms with Gasteiger partial charge in [-0.2, -0.15) is 5.26 Å². The van der Waals surface area contributed by atoms with Gasteiger partial charge in [0.05, 0.1) is 18.9 Å². The number of urea groups is 1. The number of carboxylic acids is 1. The lowest BCUT2D eigenvalue weighted by Crippen LogP contribution is -2.48. The highest BCUT2D eigenvalue weighted by Gasteiger charge is 2.25. The molecule has 0 saturated heterocycles. The molecule has 0 heterocycles. The van der Waals surface area contributed by atoms with Crippen LogP contribution < -0.4 is 5.32 Å². The zero-order valence-electron chi connectivity index (χ0n) is 12.9. The highest BCUT2D eigenvalue weighted by molar-refractivity contribution is 5.76. The van der Waals surface area contributed by atoms with E-state index in [2.05, 4.69) is 5.32 Å². The Hall–Kier alpha value is -1.77. The zero-order valence-corrected chi connectivity index (χ0v) is 12.9. The number of carbonyl (C=O) groups excluding carboxylic acids is 1. The van der Waals surface area contributed by atoms with Crippen LogP contribution in [-0.2, 0) is 4.79 Å². The quantitative estimate of drug-likeness (QED) is 0.781. The van der Waals surface area contributed by atoms with Crippen molar-refractivity contribution < 1.29 is 14.7 Å². The van der Waals surface area contributed by atoms with E-state index >= 15 is 0 Å². The summed E-state index contributed by atoms with van der Waals surface area (Å²) in [6, 6.07) is 1.04. The van der Waals surface area contributed by atoms with E-state index in [4.69, 9.17) is 10.4 Å². The number of hydrogen-bond donors (Lipinski definition) is 2. The minimum Gasteiger partial charge on any atom is -0.481 e. The van der Waals surface area contributed by atoms with Crippen molar-refractivity contribution in [1.82, 2.24) is 10.2 Å². The minimum atomic E-state index is -0.938. The van der Waals surface area contributed by atoms with Gasteiger partial charge in [0, 0.05) is 19.1 Å². The Bertz CT molecular complexity index is 382. The van der Waals surface area contributed by atoms with Crippen LogP contribution in [0.1, 0.15) is 47.0 Å². The third-order valence-corrected chi connectivity index (χ3v) is 2.98. The normalized spacial score (nSPS) is 14.0. The second-order valence-electron chi connectivity index (χ2n) is 6.33. The van der Waals surface area contributed by atoms with Gasteiger partial charge in [0.2, 0.25) is 0 Å². The molecule has 0 aliphatic rings. The average Bonchev–Trinajstić information content (AvgIpc) is 2.24. The molecule has 2 unspecified atom stereocenters. The fraction of sp³-hybridized carbons (Fsp3) is 0.786. The molecule has 6 nitrogen and oxygen atoms in total. The molecule has 0 spiro atoms. The SMILES string of the molecule is CC(CC#N)N(C)C(=O)NC(CC(=O)O)CC(C)(C)C. The molecule has 0 aliphatic heterocycles. The molecule has 0 aromatic heterocycles. The summed E-state index contributed by atoms with van der Waals surface area (Å²) in [5, 5.41) is 20.3. The first-order chi connectivity index (χ1) is 9.06. The molecule has 2 amide bonds. The summed E-state index contributed by atoms with van der Waals surface area (Å²) in [6.07, 6.45) is 0.710. The van der Waals surface area contributed by atoms with Gasteiger partial charge in [-0.15, -0.1) is 0 Å². The van der Waals surface area contributed by atoms with Crippen LogP contribution in [0.25, 0.3) is 0 Å². The largest absolute Gasteiger partial charge is 0.481 e. The second-order valence-corrected chi connectivity index (χ2v) is 6.33. The molecule has 0 bridgehead atoms. The van der Waals surface area contributed by atoms with Gasteiger partial charge in [-0.3, -0.25) is 4.79 Å². The van der Waals surface area contributed by atoms with Crippen molar-refractivity contribution in [3.8, 4) is 6.07 Å². The lowest BCUT2D eigenvalue weighted by molar-refractivity contribution is -0.137. The van der Waals surface area contributed by atoms with Gasteiger partial charge in [0.15, 0.2) is 0 Å². The smallest absolute Gasteiger partial charge is 0.317 e. The predicted molar refractivity (Wildman–Crippen MR) is 76.1 cm³/mol. The van der Waals surface area contributed by atoms with E-state index < -0.39 is 12.0 Å². The van der Waals surface area contributed by atoms with Crippen molar-refractivity contribution in [3.63, 3.8) is 0 Å². The van der Waals surface area contributed by atoms with Crippen molar-refractivity contribution in [2.45, 2.75) is 59.0 Å². The number of hydrogen-bond acceptors (Lipinski definition) is 3. The monoisotopic (exact) mass is 283 g/mol. The number of carboxylic acid groups (broad SMARTS) is 1. The maximum atomic E-state index is 12.0. The Kier molecular flexibility index (Phi) is 7.05. The number of nitrogens with zero attached hydrogens (tertiary/aromatic N) is 2. The number of nitriles is 1. The van der Waals surface area contributed by atoms with Gasteiger partial charge in [-0.1, -0.05) is 20.8 Å². The molecule has 0 aromatic rings. The van der Waals surface area contributed by atoms with Gasteiger partial charge < -0.3 is 15.3 Å². The number of amides is 2. The highest BCUT2D eigenvalue weighted by Crippen LogP contribution is 2.22. The van der Waals surface area contributed by atoms with E-state index in [0.29, 0.717) is 6.42 Å². The summed E-state index contributed by atoms with van der Waals surface area (Å²) < 4.78 is 0. The van der Waals surface area contributed by atoms with Crippen LogP contribution >= 0.6 is 0 Å². The van der Waals surface area contributed by atoms with E-state index in [1.54, 1.807) is 14.0 Å². The molecule has 2 N–H and O–H groups in total. The van der Waals surface area contributed by atoms with Gasteiger partial charge in [0.1, 0.15) is 0 Å². The van der Waals surface area contributed by atoms with Gasteiger partial charge in [-0.05, 0) is 18.8 Å². The lowest BCUT2D eigenvalue weighted by atomic mass is 9.87. The van der Waals surface area contributed by atoms with Crippen LogP contribution in [0.4, 0.5) is 4.79 Å². The van der Waals surface area contributed by atoms with Crippen LogP contribution in [0, 0.1) is 16.7 Å². The van der Waals surface area contributed by atoms with E-state index in [0.717, 1.165) is 0 Å². The molecule has 20 heavy (non-hydrogen) atoms. The number of aliphatic carboxylic acids is 1. The number of nitrogens with one attached hydrogen (secondary N) is 1. The fourth-order valence-electron chi connectivity index (χ4n) is 1.87. The lowest BCUT2D eigenvalue weighted by Gasteiger charge is -2.29. The summed E-state index contributed by atoms with van der Waals surface area (Å²) in [5.74, 6) is -0.938. The first-order valence-electron chi connectivity index (χ1n) is 6.69. The third-order valence-electron chi connectivity index (χ3n) is 2.98. The van der Waals surface area contributed by atoms with Gasteiger partial charge in [0.25, 0.3) is 0 Å². The van der Waals surface area contributed by atoms with Crippen molar-refractivity contribution in [1.29, 1.82) is 5.26 Å². The first kappa shape index (κ1) is 18.2. The highest BCUT2D eigenvalue weighted by atomic mass is 16.4. The van der Waals surface area contributed by atoms with E-state index in [1.807, 2.05) is 26.8 Å². The Balaban J connectivity index is 4.68. The standard InChI is InChI=1S/C14H25N3O3/c1-10(6-7-15)17(5)13(20)16-11(8-12(18)19)9-14(2,3)4/h10-11H,6,8-9H2,1-5H3,(H,16,20)(H,18,19). The number of rotatable bonds is 6. The molecule has 0 saturated carbocycles. The van der Waals surface area contributed by atoms with Crippen LogP contribution in [0.5, 0.6) is 0 Å². The molecule has 2 atom stereocenters. The predicted octanol–water partition coefficient (Wildman–Crippen LogP) is 2.21. The van der Waals surface area contributed by atoms with Gasteiger partial charge >= 0.3 is 12.0 Å². The van der Waals surface area contributed by atoms with Crippen LogP contribution in [0.3, 0.4) is 0 Å². The minimum absolute atomic E-state index is 0.0791. The Morgan fingerprint density at radius 1 is 1.40 bits per heavy atom. The average molecular weight is 283 g/mol. The molecule has 0 rings (SSSR count). The van der Waals surface area contributed by atoms with Crippen LogP contribution in [0.15, 0.2) is 0 Å². The van der Waals surface area contributed by atoms with Crippen LogP contribution in [-0.4, -0.2) is 41.1 Å². The molecular formula is C14H25N3O3. The van der Waals surface area contributed by atoms with Crippen molar-refractivity contribution in [2.75, 3.05) is 7.05 Å². The third kappa shape index (κ3) is 7.62. The Morgan fingerprint density at radius 3 is 2.35 bits per heavy atom. The molecule has 0 fully saturated rings. The molecular weight excluding hydrogens is 258 g/mol. The summed E-state index contributed by atoms with van der Waals surface area (Å²) >= 11 is 0. The van der Waals surface area contributed by atoms with E-state index in [9.17, 15) is 9.59 Å². The van der Waals surface area contributed by atoms with Crippen molar-refractivity contribution >= 4 is 12.0 Å². The second kappa shape index (κ2) is 7.73. The molecule has 0 radical (unpaired) electrons. The van der Waals surface area contributed by atoms with Crippen molar-refractivity contribution in [2.24, 2.45) is 5.41 Å². The van der Waals surface area contributed by atoms with Crippen molar-refractivity contribution in [3.05, 3.63) is 0 Å². The maximum Gasteiger partial charge on any atom is 0.317 e. The summed E-state index contributed by atoms with van der Waals surface area (Å²) in [7, 11) is 1.60. The molecule has 114 valence electrons. The van der Waals surface area contributed by atoms with Crippen LogP contribution in [0.2, 0.25) is 0 Å². The zero-order chi connectivity index (χ0) is 15.9. The molecule has 0 aromatic carbocycles.